The van der Waals surface area contributed by atoms with Crippen molar-refractivity contribution in [3.63, 3.8) is 0 Å². The maximum Gasteiger partial charge on any atom is 0.319 e. The molecule has 4 nitrogen and oxygen atoms in total. The summed E-state index contributed by atoms with van der Waals surface area (Å²) in [4.78, 5) is 12.0. The van der Waals surface area contributed by atoms with Crippen LogP contribution in [0.1, 0.15) is 19.4 Å². The molecule has 122 valence electrons. The van der Waals surface area contributed by atoms with E-state index in [1.165, 1.54) is 12.1 Å². The Labute approximate surface area is 135 Å². The summed E-state index contributed by atoms with van der Waals surface area (Å²) >= 11 is 0. The molecule has 0 saturated carbocycles. The third-order valence-electron chi connectivity index (χ3n) is 3.07. The summed E-state index contributed by atoms with van der Waals surface area (Å²) in [7, 11) is 0. The zero-order chi connectivity index (χ0) is 16.7. The zero-order valence-corrected chi connectivity index (χ0v) is 13.3. The fraction of sp³-hybridized carbons (Fsp3) is 0.278. The number of amides is 2. The van der Waals surface area contributed by atoms with Gasteiger partial charge in [-0.25, -0.2) is 9.18 Å². The van der Waals surface area contributed by atoms with Crippen LogP contribution in [-0.2, 0) is 6.54 Å². The van der Waals surface area contributed by atoms with Crippen molar-refractivity contribution in [2.45, 2.75) is 20.4 Å². The predicted octanol–water partition coefficient (Wildman–Crippen LogP) is 4.18. The number of benzene rings is 2. The van der Waals surface area contributed by atoms with Gasteiger partial charge in [-0.05, 0) is 35.7 Å². The lowest BCUT2D eigenvalue weighted by Crippen LogP contribution is -2.28. The molecule has 5 heteroatoms. The Morgan fingerprint density at radius 1 is 1.13 bits per heavy atom. The molecule has 0 bridgehead atoms. The molecular weight excluding hydrogens is 295 g/mol. The molecule has 0 atom stereocenters. The maximum absolute atomic E-state index is 12.8. The molecule has 2 rings (SSSR count). The van der Waals surface area contributed by atoms with E-state index in [1.807, 2.05) is 18.2 Å². The number of hydrogen-bond donors (Lipinski definition) is 2. The van der Waals surface area contributed by atoms with Crippen molar-refractivity contribution in [1.29, 1.82) is 0 Å². The van der Waals surface area contributed by atoms with Crippen LogP contribution in [0.25, 0.3) is 0 Å². The molecule has 0 aromatic heterocycles. The number of nitrogens with one attached hydrogen (secondary N) is 2. The average Bonchev–Trinajstić information content (AvgIpc) is 2.53. The van der Waals surface area contributed by atoms with Crippen molar-refractivity contribution in [2.75, 3.05) is 11.9 Å². The Balaban J connectivity index is 1.90. The van der Waals surface area contributed by atoms with Crippen LogP contribution in [-0.4, -0.2) is 12.6 Å². The van der Waals surface area contributed by atoms with Crippen molar-refractivity contribution in [3.8, 4) is 5.75 Å². The van der Waals surface area contributed by atoms with Gasteiger partial charge in [0.2, 0.25) is 0 Å². The number of urea groups is 1. The summed E-state index contributed by atoms with van der Waals surface area (Å²) < 4.78 is 18.5. The van der Waals surface area contributed by atoms with E-state index in [0.29, 0.717) is 30.5 Å². The summed E-state index contributed by atoms with van der Waals surface area (Å²) in [5.74, 6) is 0.739. The number of carbonyl (C=O) groups excluding carboxylic acids is 1. The van der Waals surface area contributed by atoms with Crippen molar-refractivity contribution in [2.24, 2.45) is 5.92 Å². The highest BCUT2D eigenvalue weighted by molar-refractivity contribution is 5.90. The SMILES string of the molecule is CC(C)COc1ccccc1NC(=O)NCc1ccc(F)cc1. The first kappa shape index (κ1) is 16.8. The second-order valence-corrected chi connectivity index (χ2v) is 5.64. The van der Waals surface area contributed by atoms with Gasteiger partial charge in [-0.1, -0.05) is 38.1 Å². The molecule has 0 unspecified atom stereocenters. The summed E-state index contributed by atoms with van der Waals surface area (Å²) in [6.07, 6.45) is 0. The number of halogens is 1. The van der Waals surface area contributed by atoms with Crippen LogP contribution in [0.15, 0.2) is 48.5 Å². The molecule has 0 aliphatic rings. The lowest BCUT2D eigenvalue weighted by molar-refractivity contribution is 0.251. The molecule has 0 spiro atoms. The molecule has 0 heterocycles. The maximum atomic E-state index is 12.8. The molecule has 0 aliphatic heterocycles. The van der Waals surface area contributed by atoms with Gasteiger partial charge in [0.15, 0.2) is 0 Å². The lowest BCUT2D eigenvalue weighted by atomic mass is 10.2. The van der Waals surface area contributed by atoms with Crippen molar-refractivity contribution >= 4 is 11.7 Å². The van der Waals surface area contributed by atoms with E-state index in [0.717, 1.165) is 5.56 Å². The molecule has 0 saturated heterocycles. The first-order valence-corrected chi connectivity index (χ1v) is 7.55. The number of rotatable bonds is 6. The Hall–Kier alpha value is -2.56. The van der Waals surface area contributed by atoms with E-state index in [9.17, 15) is 9.18 Å². The molecule has 0 radical (unpaired) electrons. The van der Waals surface area contributed by atoms with Gasteiger partial charge in [-0.15, -0.1) is 0 Å². The summed E-state index contributed by atoms with van der Waals surface area (Å²) in [6.45, 7) is 5.02. The summed E-state index contributed by atoms with van der Waals surface area (Å²) in [5, 5.41) is 5.50. The second kappa shape index (κ2) is 8.17. The number of para-hydroxylation sites is 2. The molecule has 0 aliphatic carbocycles. The fourth-order valence-corrected chi connectivity index (χ4v) is 1.90. The average molecular weight is 316 g/mol. The highest BCUT2D eigenvalue weighted by Crippen LogP contribution is 2.24. The molecule has 2 aromatic rings. The van der Waals surface area contributed by atoms with E-state index in [2.05, 4.69) is 24.5 Å². The van der Waals surface area contributed by atoms with E-state index in [1.54, 1.807) is 18.2 Å². The van der Waals surface area contributed by atoms with Crippen LogP contribution in [0, 0.1) is 11.7 Å². The molecule has 2 aromatic carbocycles. The minimum Gasteiger partial charge on any atom is -0.491 e. The van der Waals surface area contributed by atoms with Crippen LogP contribution in [0.2, 0.25) is 0 Å². The minimum absolute atomic E-state index is 0.297. The quantitative estimate of drug-likeness (QED) is 0.840. The molecular formula is C18H21FN2O2. The van der Waals surface area contributed by atoms with Gasteiger partial charge >= 0.3 is 6.03 Å². The second-order valence-electron chi connectivity index (χ2n) is 5.64. The smallest absolute Gasteiger partial charge is 0.319 e. The van der Waals surface area contributed by atoms with Crippen LogP contribution in [0.4, 0.5) is 14.9 Å². The molecule has 2 amide bonds. The Bertz CT molecular complexity index is 642. The summed E-state index contributed by atoms with van der Waals surface area (Å²) in [6, 6.07) is 13.0. The van der Waals surface area contributed by atoms with Crippen LogP contribution < -0.4 is 15.4 Å². The Kier molecular flexibility index (Phi) is 5.97. The van der Waals surface area contributed by atoms with Crippen molar-refractivity contribution in [1.82, 2.24) is 5.32 Å². The van der Waals surface area contributed by atoms with Gasteiger partial charge in [-0.3, -0.25) is 0 Å². The number of hydrogen-bond acceptors (Lipinski definition) is 2. The van der Waals surface area contributed by atoms with Crippen LogP contribution in [0.3, 0.4) is 0 Å². The monoisotopic (exact) mass is 316 g/mol. The standard InChI is InChI=1S/C18H21FN2O2/c1-13(2)12-23-17-6-4-3-5-16(17)21-18(22)20-11-14-7-9-15(19)10-8-14/h3-10,13H,11-12H2,1-2H3,(H2,20,21,22). The van der Waals surface area contributed by atoms with E-state index in [4.69, 9.17) is 4.74 Å². The van der Waals surface area contributed by atoms with E-state index >= 15 is 0 Å². The predicted molar refractivity (Wildman–Crippen MR) is 89.0 cm³/mol. The van der Waals surface area contributed by atoms with Gasteiger partial charge in [0.1, 0.15) is 11.6 Å². The third-order valence-corrected chi connectivity index (χ3v) is 3.07. The highest BCUT2D eigenvalue weighted by Gasteiger charge is 2.08. The molecule has 2 N–H and O–H groups in total. The minimum atomic E-state index is -0.338. The Morgan fingerprint density at radius 2 is 1.83 bits per heavy atom. The van der Waals surface area contributed by atoms with Crippen molar-refractivity contribution in [3.05, 3.63) is 59.9 Å². The molecule has 0 fully saturated rings. The number of carbonyl (C=O) groups is 1. The largest absolute Gasteiger partial charge is 0.491 e. The number of anilines is 1. The summed E-state index contributed by atoms with van der Waals surface area (Å²) in [5.41, 5.74) is 1.44. The van der Waals surface area contributed by atoms with Gasteiger partial charge in [0, 0.05) is 6.54 Å². The number of ether oxygens (including phenoxy) is 1. The van der Waals surface area contributed by atoms with Crippen molar-refractivity contribution < 1.29 is 13.9 Å². The fourth-order valence-electron chi connectivity index (χ4n) is 1.90. The van der Waals surface area contributed by atoms with E-state index < -0.39 is 0 Å². The third kappa shape index (κ3) is 5.62. The topological polar surface area (TPSA) is 50.4 Å². The first-order chi connectivity index (χ1) is 11.0. The van der Waals surface area contributed by atoms with Crippen LogP contribution >= 0.6 is 0 Å². The van der Waals surface area contributed by atoms with Gasteiger partial charge in [0.25, 0.3) is 0 Å². The Morgan fingerprint density at radius 3 is 2.52 bits per heavy atom. The van der Waals surface area contributed by atoms with E-state index in [-0.39, 0.29) is 11.8 Å². The van der Waals surface area contributed by atoms with Gasteiger partial charge < -0.3 is 15.4 Å². The normalized spacial score (nSPS) is 10.4. The van der Waals surface area contributed by atoms with Gasteiger partial charge in [0.05, 0.1) is 12.3 Å². The molecule has 23 heavy (non-hydrogen) atoms. The van der Waals surface area contributed by atoms with Gasteiger partial charge in [-0.2, -0.15) is 0 Å². The first-order valence-electron chi connectivity index (χ1n) is 7.55. The lowest BCUT2D eigenvalue weighted by Gasteiger charge is -2.14. The zero-order valence-electron chi connectivity index (χ0n) is 13.3. The highest BCUT2D eigenvalue weighted by atomic mass is 19.1. The van der Waals surface area contributed by atoms with Crippen LogP contribution in [0.5, 0.6) is 5.75 Å².